The first kappa shape index (κ1) is 15.2. The van der Waals surface area contributed by atoms with Crippen molar-refractivity contribution in [3.05, 3.63) is 53.5 Å². The Morgan fingerprint density at radius 1 is 1.10 bits per heavy atom. The summed E-state index contributed by atoms with van der Waals surface area (Å²) >= 11 is 1.77. The van der Waals surface area contributed by atoms with Gasteiger partial charge in [0.05, 0.1) is 6.04 Å². The predicted octanol–water partition coefficient (Wildman–Crippen LogP) is 4.65. The number of furan rings is 1. The van der Waals surface area contributed by atoms with Crippen LogP contribution in [0.1, 0.15) is 43.4 Å². The van der Waals surface area contributed by atoms with Crippen LogP contribution < -0.4 is 5.32 Å². The van der Waals surface area contributed by atoms with Gasteiger partial charge in [-0.05, 0) is 49.1 Å². The van der Waals surface area contributed by atoms with Crippen LogP contribution in [-0.4, -0.2) is 12.8 Å². The monoisotopic (exact) mass is 289 g/mol. The number of rotatable bonds is 7. The maximum atomic E-state index is 5.94. The van der Waals surface area contributed by atoms with Gasteiger partial charge in [-0.15, -0.1) is 11.8 Å². The number of thioether (sulfide) groups is 1. The summed E-state index contributed by atoms with van der Waals surface area (Å²) in [6, 6.07) is 13.0. The van der Waals surface area contributed by atoms with E-state index in [4.69, 9.17) is 4.42 Å². The molecule has 0 spiro atoms. The molecule has 0 bridgehead atoms. The summed E-state index contributed by atoms with van der Waals surface area (Å²) in [6.07, 6.45) is 4.15. The normalized spacial score (nSPS) is 12.6. The third-order valence-corrected chi connectivity index (χ3v) is 4.11. The molecule has 0 aliphatic carbocycles. The van der Waals surface area contributed by atoms with Gasteiger partial charge >= 0.3 is 0 Å². The SMILES string of the molecule is CCCNC(c1ccc(SC)cc1)c1ccc(CC)o1. The van der Waals surface area contributed by atoms with Crippen LogP contribution >= 0.6 is 11.8 Å². The van der Waals surface area contributed by atoms with Gasteiger partial charge < -0.3 is 9.73 Å². The van der Waals surface area contributed by atoms with E-state index in [2.05, 4.69) is 61.8 Å². The van der Waals surface area contributed by atoms with E-state index in [1.807, 2.05) is 0 Å². The fourth-order valence-corrected chi connectivity index (χ4v) is 2.62. The molecule has 1 atom stereocenters. The van der Waals surface area contributed by atoms with Gasteiger partial charge in [0, 0.05) is 11.3 Å². The van der Waals surface area contributed by atoms with Gasteiger partial charge in [0.15, 0.2) is 0 Å². The Kier molecular flexibility index (Phi) is 5.74. The molecule has 0 radical (unpaired) electrons. The first-order valence-corrected chi connectivity index (χ1v) is 8.46. The summed E-state index contributed by atoms with van der Waals surface area (Å²) in [6.45, 7) is 5.28. The minimum Gasteiger partial charge on any atom is -0.464 e. The molecule has 1 heterocycles. The quantitative estimate of drug-likeness (QED) is 0.751. The zero-order chi connectivity index (χ0) is 14.4. The molecule has 0 aliphatic heterocycles. The molecule has 3 heteroatoms. The number of nitrogens with one attached hydrogen (secondary N) is 1. The Balaban J connectivity index is 2.25. The zero-order valence-electron chi connectivity index (χ0n) is 12.5. The maximum absolute atomic E-state index is 5.94. The zero-order valence-corrected chi connectivity index (χ0v) is 13.3. The molecule has 0 amide bonds. The Morgan fingerprint density at radius 2 is 1.85 bits per heavy atom. The molecule has 20 heavy (non-hydrogen) atoms. The summed E-state index contributed by atoms with van der Waals surface area (Å²) < 4.78 is 5.94. The summed E-state index contributed by atoms with van der Waals surface area (Å²) in [5, 5.41) is 3.58. The van der Waals surface area contributed by atoms with Crippen LogP contribution in [0, 0.1) is 0 Å². The third kappa shape index (κ3) is 3.68. The lowest BCUT2D eigenvalue weighted by atomic mass is 10.0. The largest absolute Gasteiger partial charge is 0.464 e. The van der Waals surface area contributed by atoms with E-state index < -0.39 is 0 Å². The van der Waals surface area contributed by atoms with Crippen LogP contribution in [0.4, 0.5) is 0 Å². The van der Waals surface area contributed by atoms with E-state index in [0.29, 0.717) is 0 Å². The predicted molar refractivity (Wildman–Crippen MR) is 86.4 cm³/mol. The lowest BCUT2D eigenvalue weighted by Crippen LogP contribution is -2.22. The molecule has 2 nitrogen and oxygen atoms in total. The minimum atomic E-state index is 0.145. The van der Waals surface area contributed by atoms with Gasteiger partial charge in [-0.1, -0.05) is 26.0 Å². The van der Waals surface area contributed by atoms with E-state index in [0.717, 1.165) is 30.9 Å². The molecule has 0 fully saturated rings. The third-order valence-electron chi connectivity index (χ3n) is 3.36. The van der Waals surface area contributed by atoms with Gasteiger partial charge in [-0.25, -0.2) is 0 Å². The summed E-state index contributed by atoms with van der Waals surface area (Å²) in [4.78, 5) is 1.29. The van der Waals surface area contributed by atoms with E-state index in [-0.39, 0.29) is 6.04 Å². The number of aryl methyl sites for hydroxylation is 1. The van der Waals surface area contributed by atoms with Crippen LogP contribution in [0.3, 0.4) is 0 Å². The molecular weight excluding hydrogens is 266 g/mol. The Labute approximate surface area is 126 Å². The molecule has 0 saturated heterocycles. The van der Waals surface area contributed by atoms with E-state index in [1.54, 1.807) is 11.8 Å². The molecular formula is C17H23NOS. The van der Waals surface area contributed by atoms with Crippen LogP contribution in [0.2, 0.25) is 0 Å². The standard InChI is InChI=1S/C17H23NOS/c1-4-12-18-17(16-11-8-14(5-2)19-16)13-6-9-15(20-3)10-7-13/h6-11,17-18H,4-5,12H2,1-3H3. The molecule has 108 valence electrons. The fourth-order valence-electron chi connectivity index (χ4n) is 2.21. The van der Waals surface area contributed by atoms with Crippen molar-refractivity contribution in [3.63, 3.8) is 0 Å². The minimum absolute atomic E-state index is 0.145. The highest BCUT2D eigenvalue weighted by Crippen LogP contribution is 2.26. The first-order chi connectivity index (χ1) is 9.78. The van der Waals surface area contributed by atoms with E-state index in [9.17, 15) is 0 Å². The highest BCUT2D eigenvalue weighted by Gasteiger charge is 2.17. The van der Waals surface area contributed by atoms with Crippen molar-refractivity contribution in [2.45, 2.75) is 37.6 Å². The molecule has 1 aromatic carbocycles. The number of hydrogen-bond donors (Lipinski definition) is 1. The van der Waals surface area contributed by atoms with Crippen LogP contribution in [0.15, 0.2) is 45.7 Å². The van der Waals surface area contributed by atoms with Crippen molar-refractivity contribution in [3.8, 4) is 0 Å². The second kappa shape index (κ2) is 7.55. The highest BCUT2D eigenvalue weighted by atomic mass is 32.2. The van der Waals surface area contributed by atoms with Gasteiger partial charge in [-0.2, -0.15) is 0 Å². The Morgan fingerprint density at radius 3 is 2.40 bits per heavy atom. The average molecular weight is 289 g/mol. The van der Waals surface area contributed by atoms with Crippen molar-refractivity contribution < 1.29 is 4.42 Å². The van der Waals surface area contributed by atoms with Gasteiger partial charge in [0.25, 0.3) is 0 Å². The molecule has 1 unspecified atom stereocenters. The molecule has 1 N–H and O–H groups in total. The van der Waals surface area contributed by atoms with Crippen molar-refractivity contribution in [1.29, 1.82) is 0 Å². The first-order valence-electron chi connectivity index (χ1n) is 7.24. The van der Waals surface area contributed by atoms with Crippen molar-refractivity contribution in [2.24, 2.45) is 0 Å². The molecule has 2 rings (SSSR count). The average Bonchev–Trinajstić information content (AvgIpc) is 2.97. The molecule has 1 aromatic heterocycles. The van der Waals surface area contributed by atoms with Gasteiger partial charge in [0.1, 0.15) is 11.5 Å². The topological polar surface area (TPSA) is 25.2 Å². The Hall–Kier alpha value is -1.19. The van der Waals surface area contributed by atoms with Crippen LogP contribution in [0.5, 0.6) is 0 Å². The second-order valence-corrected chi connectivity index (χ2v) is 5.70. The van der Waals surface area contributed by atoms with Crippen LogP contribution in [0.25, 0.3) is 0 Å². The highest BCUT2D eigenvalue weighted by molar-refractivity contribution is 7.98. The van der Waals surface area contributed by atoms with Gasteiger partial charge in [-0.3, -0.25) is 0 Å². The van der Waals surface area contributed by atoms with Gasteiger partial charge in [0.2, 0.25) is 0 Å². The molecule has 0 aliphatic rings. The summed E-state index contributed by atoms with van der Waals surface area (Å²) in [5.41, 5.74) is 1.26. The van der Waals surface area contributed by atoms with Crippen molar-refractivity contribution in [1.82, 2.24) is 5.32 Å². The smallest absolute Gasteiger partial charge is 0.125 e. The molecule has 2 aromatic rings. The second-order valence-electron chi connectivity index (χ2n) is 4.82. The summed E-state index contributed by atoms with van der Waals surface area (Å²) in [5.74, 6) is 2.05. The van der Waals surface area contributed by atoms with E-state index in [1.165, 1.54) is 10.5 Å². The number of hydrogen-bond acceptors (Lipinski definition) is 3. The summed E-state index contributed by atoms with van der Waals surface area (Å²) in [7, 11) is 0. The lowest BCUT2D eigenvalue weighted by molar-refractivity contribution is 0.422. The molecule has 0 saturated carbocycles. The Bertz CT molecular complexity index is 518. The lowest BCUT2D eigenvalue weighted by Gasteiger charge is -2.17. The fraction of sp³-hybridized carbons (Fsp3) is 0.412. The maximum Gasteiger partial charge on any atom is 0.125 e. The number of benzene rings is 1. The van der Waals surface area contributed by atoms with Crippen molar-refractivity contribution in [2.75, 3.05) is 12.8 Å². The van der Waals surface area contributed by atoms with E-state index >= 15 is 0 Å². The van der Waals surface area contributed by atoms with Crippen LogP contribution in [-0.2, 0) is 6.42 Å². The van der Waals surface area contributed by atoms with Crippen molar-refractivity contribution >= 4 is 11.8 Å².